The summed E-state index contributed by atoms with van der Waals surface area (Å²) in [5, 5.41) is 0. The van der Waals surface area contributed by atoms with Gasteiger partial charge in [0.25, 0.3) is 0 Å². The first-order valence-corrected chi connectivity index (χ1v) is 4.80. The predicted molar refractivity (Wildman–Crippen MR) is 53.9 cm³/mol. The number of piperidine rings is 1. The van der Waals surface area contributed by atoms with Gasteiger partial charge in [0.2, 0.25) is 0 Å². The van der Waals surface area contributed by atoms with Gasteiger partial charge in [-0.15, -0.1) is 0 Å². The molecule has 2 rings (SSSR count). The number of pyridine rings is 1. The van der Waals surface area contributed by atoms with Crippen molar-refractivity contribution >= 4 is 5.69 Å². The molecule has 0 aliphatic carbocycles. The fourth-order valence-corrected chi connectivity index (χ4v) is 1.83. The van der Waals surface area contributed by atoms with Gasteiger partial charge in [-0.3, -0.25) is 4.98 Å². The average Bonchev–Trinajstić information content (AvgIpc) is 2.18. The van der Waals surface area contributed by atoms with Gasteiger partial charge in [-0.2, -0.15) is 0 Å². The van der Waals surface area contributed by atoms with E-state index >= 15 is 0 Å². The van der Waals surface area contributed by atoms with Crippen molar-refractivity contribution in [1.82, 2.24) is 4.98 Å². The summed E-state index contributed by atoms with van der Waals surface area (Å²) in [5.74, 6) is 0. The number of halogens is 1. The lowest BCUT2D eigenvalue weighted by Crippen LogP contribution is -2.48. The van der Waals surface area contributed by atoms with Crippen LogP contribution < -0.4 is 10.6 Å². The Bertz CT molecular complexity index is 281. The van der Waals surface area contributed by atoms with Gasteiger partial charge < -0.3 is 10.6 Å². The molecule has 2 N–H and O–H groups in total. The number of aromatic nitrogens is 1. The third-order valence-electron chi connectivity index (χ3n) is 2.44. The van der Waals surface area contributed by atoms with Crippen molar-refractivity contribution in [2.75, 3.05) is 18.0 Å². The minimum atomic E-state index is -0.820. The SMILES string of the molecule is N[C@H]1CC(F)CN(c2cccnc2)C1. The molecule has 0 bridgehead atoms. The molecule has 3 nitrogen and oxygen atoms in total. The molecule has 1 saturated heterocycles. The van der Waals surface area contributed by atoms with Crippen molar-refractivity contribution in [2.24, 2.45) is 5.73 Å². The Labute approximate surface area is 82.7 Å². The Hall–Kier alpha value is -1.16. The Morgan fingerprint density at radius 2 is 2.36 bits per heavy atom. The van der Waals surface area contributed by atoms with E-state index in [-0.39, 0.29) is 6.04 Å². The lowest BCUT2D eigenvalue weighted by Gasteiger charge is -2.34. The summed E-state index contributed by atoms with van der Waals surface area (Å²) >= 11 is 0. The monoisotopic (exact) mass is 195 g/mol. The lowest BCUT2D eigenvalue weighted by molar-refractivity contribution is 0.269. The minimum absolute atomic E-state index is 0.0704. The molecule has 1 aromatic rings. The highest BCUT2D eigenvalue weighted by atomic mass is 19.1. The summed E-state index contributed by atoms with van der Waals surface area (Å²) in [7, 11) is 0. The number of hydrogen-bond acceptors (Lipinski definition) is 3. The van der Waals surface area contributed by atoms with E-state index in [0.29, 0.717) is 19.5 Å². The highest BCUT2D eigenvalue weighted by Crippen LogP contribution is 2.19. The molecule has 0 spiro atoms. The number of alkyl halides is 1. The van der Waals surface area contributed by atoms with Gasteiger partial charge in [0.1, 0.15) is 6.17 Å². The van der Waals surface area contributed by atoms with E-state index in [2.05, 4.69) is 4.98 Å². The van der Waals surface area contributed by atoms with Gasteiger partial charge >= 0.3 is 0 Å². The highest BCUT2D eigenvalue weighted by molar-refractivity contribution is 5.44. The smallest absolute Gasteiger partial charge is 0.119 e. The zero-order valence-corrected chi connectivity index (χ0v) is 7.94. The maximum atomic E-state index is 13.2. The number of hydrogen-bond donors (Lipinski definition) is 1. The number of anilines is 1. The highest BCUT2D eigenvalue weighted by Gasteiger charge is 2.24. The van der Waals surface area contributed by atoms with E-state index in [9.17, 15) is 4.39 Å². The average molecular weight is 195 g/mol. The molecule has 1 unspecified atom stereocenters. The Balaban J connectivity index is 2.11. The van der Waals surface area contributed by atoms with E-state index in [1.54, 1.807) is 12.4 Å². The first-order chi connectivity index (χ1) is 6.75. The normalized spacial score (nSPS) is 27.7. The van der Waals surface area contributed by atoms with Crippen LogP contribution in [0.4, 0.5) is 10.1 Å². The second-order valence-electron chi connectivity index (χ2n) is 3.71. The number of rotatable bonds is 1. The van der Waals surface area contributed by atoms with Crippen molar-refractivity contribution in [3.63, 3.8) is 0 Å². The predicted octanol–water partition coefficient (Wildman–Crippen LogP) is 0.957. The molecule has 0 aromatic carbocycles. The van der Waals surface area contributed by atoms with Crippen molar-refractivity contribution in [3.05, 3.63) is 24.5 Å². The molecule has 76 valence electrons. The minimum Gasteiger partial charge on any atom is -0.366 e. The van der Waals surface area contributed by atoms with Crippen LogP contribution in [0.25, 0.3) is 0 Å². The molecular weight excluding hydrogens is 181 g/mol. The summed E-state index contributed by atoms with van der Waals surface area (Å²) in [5.41, 5.74) is 6.70. The second kappa shape index (κ2) is 3.92. The van der Waals surface area contributed by atoms with E-state index in [4.69, 9.17) is 5.73 Å². The van der Waals surface area contributed by atoms with Crippen molar-refractivity contribution in [3.8, 4) is 0 Å². The van der Waals surface area contributed by atoms with E-state index in [1.807, 2.05) is 17.0 Å². The molecule has 4 heteroatoms. The fraction of sp³-hybridized carbons (Fsp3) is 0.500. The van der Waals surface area contributed by atoms with Crippen LogP contribution in [0.3, 0.4) is 0 Å². The van der Waals surface area contributed by atoms with Gasteiger partial charge in [-0.25, -0.2) is 4.39 Å². The molecule has 1 aliphatic heterocycles. The van der Waals surface area contributed by atoms with Crippen molar-refractivity contribution in [1.29, 1.82) is 0 Å². The van der Waals surface area contributed by atoms with Crippen LogP contribution in [0.15, 0.2) is 24.5 Å². The Morgan fingerprint density at radius 1 is 1.50 bits per heavy atom. The molecule has 1 aliphatic rings. The zero-order chi connectivity index (χ0) is 9.97. The first kappa shape index (κ1) is 9.40. The van der Waals surface area contributed by atoms with Crippen molar-refractivity contribution in [2.45, 2.75) is 18.6 Å². The van der Waals surface area contributed by atoms with Gasteiger partial charge in [0.05, 0.1) is 11.9 Å². The maximum Gasteiger partial charge on any atom is 0.119 e. The molecule has 0 radical (unpaired) electrons. The number of nitrogens with two attached hydrogens (primary N) is 1. The molecule has 1 aromatic heterocycles. The summed E-state index contributed by atoms with van der Waals surface area (Å²) in [4.78, 5) is 5.96. The molecular formula is C10H14FN3. The van der Waals surface area contributed by atoms with Gasteiger partial charge in [0, 0.05) is 25.3 Å². The van der Waals surface area contributed by atoms with Crippen LogP contribution in [-0.4, -0.2) is 30.3 Å². The molecule has 0 saturated carbocycles. The second-order valence-corrected chi connectivity index (χ2v) is 3.71. The topological polar surface area (TPSA) is 42.1 Å². The molecule has 14 heavy (non-hydrogen) atoms. The van der Waals surface area contributed by atoms with Gasteiger partial charge in [-0.1, -0.05) is 0 Å². The summed E-state index contributed by atoms with van der Waals surface area (Å²) < 4.78 is 13.2. The van der Waals surface area contributed by atoms with E-state index < -0.39 is 6.17 Å². The van der Waals surface area contributed by atoms with Crippen LogP contribution in [0.2, 0.25) is 0 Å². The van der Waals surface area contributed by atoms with Gasteiger partial charge in [0.15, 0.2) is 0 Å². The van der Waals surface area contributed by atoms with Crippen LogP contribution in [0.1, 0.15) is 6.42 Å². The fourth-order valence-electron chi connectivity index (χ4n) is 1.83. The third-order valence-corrected chi connectivity index (χ3v) is 2.44. The van der Waals surface area contributed by atoms with Gasteiger partial charge in [-0.05, 0) is 18.6 Å². The van der Waals surface area contributed by atoms with Crippen LogP contribution in [0, 0.1) is 0 Å². The molecule has 1 fully saturated rings. The quantitative estimate of drug-likeness (QED) is 0.725. The Morgan fingerprint density at radius 3 is 3.00 bits per heavy atom. The summed E-state index contributed by atoms with van der Waals surface area (Å²) in [6.45, 7) is 1.14. The standard InChI is InChI=1S/C10H14FN3/c11-8-4-9(12)7-14(6-8)10-2-1-3-13-5-10/h1-3,5,8-9H,4,6-7,12H2/t8?,9-/m0/s1. The summed E-state index contributed by atoms with van der Waals surface area (Å²) in [6, 6.07) is 3.71. The summed E-state index contributed by atoms with van der Waals surface area (Å²) in [6.07, 6.45) is 3.10. The first-order valence-electron chi connectivity index (χ1n) is 4.80. The maximum absolute atomic E-state index is 13.2. The van der Waals surface area contributed by atoms with E-state index in [0.717, 1.165) is 5.69 Å². The number of nitrogens with zero attached hydrogens (tertiary/aromatic N) is 2. The van der Waals surface area contributed by atoms with Crippen LogP contribution in [-0.2, 0) is 0 Å². The van der Waals surface area contributed by atoms with Crippen LogP contribution >= 0.6 is 0 Å². The van der Waals surface area contributed by atoms with Crippen molar-refractivity contribution < 1.29 is 4.39 Å². The van der Waals surface area contributed by atoms with Crippen LogP contribution in [0.5, 0.6) is 0 Å². The zero-order valence-electron chi connectivity index (χ0n) is 7.94. The molecule has 0 amide bonds. The molecule has 2 atom stereocenters. The lowest BCUT2D eigenvalue weighted by atomic mass is 10.0. The third kappa shape index (κ3) is 2.01. The van der Waals surface area contributed by atoms with E-state index in [1.165, 1.54) is 0 Å². The Kier molecular flexibility index (Phi) is 2.63. The largest absolute Gasteiger partial charge is 0.366 e. The molecule has 2 heterocycles.